The summed E-state index contributed by atoms with van der Waals surface area (Å²) in [5.41, 5.74) is 3.73. The predicted molar refractivity (Wildman–Crippen MR) is 121 cm³/mol. The Morgan fingerprint density at radius 2 is 1.97 bits per heavy atom. The zero-order valence-electron chi connectivity index (χ0n) is 16.8. The van der Waals surface area contributed by atoms with Crippen molar-refractivity contribution in [3.05, 3.63) is 65.2 Å². The van der Waals surface area contributed by atoms with Crippen molar-refractivity contribution in [3.8, 4) is 0 Å². The van der Waals surface area contributed by atoms with Gasteiger partial charge in [-0.1, -0.05) is 30.3 Å². The first-order valence-electron chi connectivity index (χ1n) is 9.98. The quantitative estimate of drug-likeness (QED) is 0.641. The van der Waals surface area contributed by atoms with Crippen molar-refractivity contribution in [1.82, 2.24) is 5.32 Å². The molecule has 1 aliphatic rings. The number of amides is 1. The summed E-state index contributed by atoms with van der Waals surface area (Å²) in [5.74, 6) is 1.96. The van der Waals surface area contributed by atoms with Gasteiger partial charge in [0.2, 0.25) is 10.0 Å². The topological polar surface area (TPSA) is 66.5 Å². The van der Waals surface area contributed by atoms with Crippen molar-refractivity contribution in [1.29, 1.82) is 0 Å². The molecule has 0 radical (unpaired) electrons. The summed E-state index contributed by atoms with van der Waals surface area (Å²) in [4.78, 5) is 12.5. The number of hydrogen-bond acceptors (Lipinski definition) is 4. The number of nitrogens with zero attached hydrogens (tertiary/aromatic N) is 1. The molecule has 7 heteroatoms. The number of carbonyl (C=O) groups is 1. The number of aryl methyl sites for hydroxylation is 1. The van der Waals surface area contributed by atoms with Gasteiger partial charge in [-0.05, 0) is 61.3 Å². The standard InChI is InChI=1S/C22H28N2O3S2/c1-18-8-2-3-9-20(18)17-28-14-7-12-23-22(25)19-10-6-11-21(16-19)24-13-4-5-15-29(24,26)27/h2-3,6,8-11,16H,4-5,7,12-15,17H2,1H3,(H,23,25). The molecule has 156 valence electrons. The number of carbonyl (C=O) groups excluding carboxylic acids is 1. The smallest absolute Gasteiger partial charge is 0.251 e. The fraction of sp³-hybridized carbons (Fsp3) is 0.409. The molecular formula is C22H28N2O3S2. The average Bonchev–Trinajstić information content (AvgIpc) is 2.71. The number of rotatable bonds is 8. The van der Waals surface area contributed by atoms with Crippen LogP contribution in [-0.4, -0.2) is 38.9 Å². The van der Waals surface area contributed by atoms with Crippen molar-refractivity contribution in [2.75, 3.05) is 28.9 Å². The Labute approximate surface area is 177 Å². The Balaban J connectivity index is 1.46. The molecule has 3 rings (SSSR count). The normalized spacial score (nSPS) is 15.8. The molecule has 0 aliphatic carbocycles. The van der Waals surface area contributed by atoms with Crippen molar-refractivity contribution >= 4 is 33.4 Å². The fourth-order valence-electron chi connectivity index (χ4n) is 3.31. The minimum absolute atomic E-state index is 0.162. The molecule has 1 aliphatic heterocycles. The third-order valence-electron chi connectivity index (χ3n) is 5.02. The van der Waals surface area contributed by atoms with Crippen LogP contribution in [0.15, 0.2) is 48.5 Å². The van der Waals surface area contributed by atoms with Crippen LogP contribution in [-0.2, 0) is 15.8 Å². The second kappa shape index (κ2) is 10.2. The van der Waals surface area contributed by atoms with Crippen LogP contribution in [0, 0.1) is 6.92 Å². The van der Waals surface area contributed by atoms with E-state index in [1.165, 1.54) is 15.4 Å². The van der Waals surface area contributed by atoms with Gasteiger partial charge < -0.3 is 5.32 Å². The van der Waals surface area contributed by atoms with Gasteiger partial charge >= 0.3 is 0 Å². The van der Waals surface area contributed by atoms with Crippen LogP contribution in [0.25, 0.3) is 0 Å². The second-order valence-corrected chi connectivity index (χ2v) is 10.4. The van der Waals surface area contributed by atoms with Crippen LogP contribution in [0.4, 0.5) is 5.69 Å². The molecule has 0 unspecified atom stereocenters. The van der Waals surface area contributed by atoms with Gasteiger partial charge in [0.05, 0.1) is 11.4 Å². The molecule has 0 aromatic heterocycles. The highest BCUT2D eigenvalue weighted by Crippen LogP contribution is 2.24. The molecule has 1 amide bonds. The van der Waals surface area contributed by atoms with Crippen LogP contribution in [0.1, 0.15) is 40.7 Å². The van der Waals surface area contributed by atoms with Crippen molar-refractivity contribution in [2.45, 2.75) is 31.9 Å². The maximum atomic E-state index is 12.5. The second-order valence-electron chi connectivity index (χ2n) is 7.23. The zero-order chi connectivity index (χ0) is 20.7. The van der Waals surface area contributed by atoms with Crippen molar-refractivity contribution < 1.29 is 13.2 Å². The van der Waals surface area contributed by atoms with Gasteiger partial charge in [-0.25, -0.2) is 8.42 Å². The number of benzene rings is 2. The first kappa shape index (κ1) is 21.7. The number of anilines is 1. The highest BCUT2D eigenvalue weighted by atomic mass is 32.2. The summed E-state index contributed by atoms with van der Waals surface area (Å²) in [5, 5.41) is 2.94. The van der Waals surface area contributed by atoms with Crippen LogP contribution >= 0.6 is 11.8 Å². The van der Waals surface area contributed by atoms with E-state index in [9.17, 15) is 13.2 Å². The largest absolute Gasteiger partial charge is 0.352 e. The highest BCUT2D eigenvalue weighted by molar-refractivity contribution is 7.98. The third-order valence-corrected chi connectivity index (χ3v) is 7.98. The molecule has 0 bridgehead atoms. The van der Waals surface area contributed by atoms with Gasteiger partial charge in [0.15, 0.2) is 0 Å². The molecule has 1 fully saturated rings. The van der Waals surface area contributed by atoms with Crippen LogP contribution < -0.4 is 9.62 Å². The van der Waals surface area contributed by atoms with Gasteiger partial charge in [0, 0.05) is 24.4 Å². The lowest BCUT2D eigenvalue weighted by Gasteiger charge is -2.28. The summed E-state index contributed by atoms with van der Waals surface area (Å²) in [7, 11) is -3.27. The van der Waals surface area contributed by atoms with Gasteiger partial charge in [-0.15, -0.1) is 0 Å². The number of sulfonamides is 1. The minimum Gasteiger partial charge on any atom is -0.352 e. The first-order chi connectivity index (χ1) is 14.0. The maximum Gasteiger partial charge on any atom is 0.251 e. The Kier molecular flexibility index (Phi) is 7.61. The molecule has 1 saturated heterocycles. The van der Waals surface area contributed by atoms with E-state index in [-0.39, 0.29) is 11.7 Å². The summed E-state index contributed by atoms with van der Waals surface area (Å²) in [6.45, 7) is 3.21. The van der Waals surface area contributed by atoms with Crippen LogP contribution in [0.3, 0.4) is 0 Å². The maximum absolute atomic E-state index is 12.5. The molecular weight excluding hydrogens is 404 g/mol. The van der Waals surface area contributed by atoms with E-state index in [1.54, 1.807) is 24.3 Å². The number of hydrogen-bond donors (Lipinski definition) is 1. The van der Waals surface area contributed by atoms with E-state index >= 15 is 0 Å². The molecule has 5 nitrogen and oxygen atoms in total. The molecule has 2 aromatic rings. The van der Waals surface area contributed by atoms with E-state index in [2.05, 4.69) is 36.5 Å². The molecule has 1 N–H and O–H groups in total. The van der Waals surface area contributed by atoms with E-state index in [0.29, 0.717) is 30.8 Å². The monoisotopic (exact) mass is 432 g/mol. The van der Waals surface area contributed by atoms with E-state index in [1.807, 2.05) is 11.8 Å². The van der Waals surface area contributed by atoms with Gasteiger partial charge in [-0.2, -0.15) is 11.8 Å². The Morgan fingerprint density at radius 1 is 1.14 bits per heavy atom. The van der Waals surface area contributed by atoms with E-state index in [4.69, 9.17) is 0 Å². The van der Waals surface area contributed by atoms with Gasteiger partial charge in [0.25, 0.3) is 5.91 Å². The van der Waals surface area contributed by atoms with Gasteiger partial charge in [-0.3, -0.25) is 9.10 Å². The number of thioether (sulfide) groups is 1. The number of nitrogens with one attached hydrogen (secondary N) is 1. The van der Waals surface area contributed by atoms with E-state index < -0.39 is 10.0 Å². The molecule has 29 heavy (non-hydrogen) atoms. The summed E-state index contributed by atoms with van der Waals surface area (Å²) in [6.07, 6.45) is 2.43. The average molecular weight is 433 g/mol. The molecule has 2 aromatic carbocycles. The Hall–Kier alpha value is -1.99. The van der Waals surface area contributed by atoms with E-state index in [0.717, 1.165) is 24.3 Å². The molecule has 0 atom stereocenters. The SMILES string of the molecule is Cc1ccccc1CSCCCNC(=O)c1cccc(N2CCCCS2(=O)=O)c1. The fourth-order valence-corrected chi connectivity index (χ4v) is 5.98. The summed E-state index contributed by atoms with van der Waals surface area (Å²) in [6, 6.07) is 15.3. The molecule has 1 heterocycles. The Morgan fingerprint density at radius 3 is 2.76 bits per heavy atom. The van der Waals surface area contributed by atoms with Crippen molar-refractivity contribution in [2.24, 2.45) is 0 Å². The molecule has 0 saturated carbocycles. The first-order valence-corrected chi connectivity index (χ1v) is 12.7. The van der Waals surface area contributed by atoms with Crippen molar-refractivity contribution in [3.63, 3.8) is 0 Å². The Bertz CT molecular complexity index is 945. The lowest BCUT2D eigenvalue weighted by Crippen LogP contribution is -2.38. The lowest BCUT2D eigenvalue weighted by atomic mass is 10.1. The predicted octanol–water partition coefficient (Wildman–Crippen LogP) is 3.98. The van der Waals surface area contributed by atoms with Gasteiger partial charge in [0.1, 0.15) is 0 Å². The lowest BCUT2D eigenvalue weighted by molar-refractivity contribution is 0.0954. The third kappa shape index (κ3) is 6.00. The minimum atomic E-state index is -3.27. The van der Waals surface area contributed by atoms with Crippen LogP contribution in [0.2, 0.25) is 0 Å². The zero-order valence-corrected chi connectivity index (χ0v) is 18.4. The van der Waals surface area contributed by atoms with Crippen LogP contribution in [0.5, 0.6) is 0 Å². The summed E-state index contributed by atoms with van der Waals surface area (Å²) < 4.78 is 26.0. The summed E-state index contributed by atoms with van der Waals surface area (Å²) >= 11 is 1.86. The molecule has 0 spiro atoms. The highest BCUT2D eigenvalue weighted by Gasteiger charge is 2.26.